The standard InChI is InChI=1S/C29H36ClN5O5S/c1-17(16-38-29(6,7)28(3,4)5)39-21-11-19(24(36)33-27-32-18(2)34-41-27)12-22(14-21)40-25-23(30)13-20(15-31-25)26(37)35-9-8-10-35/h11-15,17H,8-10,16H2,1-7H3,(H,32,33,34,36)/t17-/m0/s1. The minimum Gasteiger partial charge on any atom is -0.488 e. The van der Waals surface area contributed by atoms with Gasteiger partial charge in [0.05, 0.1) is 17.8 Å². The number of rotatable bonds is 10. The molecule has 1 saturated heterocycles. The van der Waals surface area contributed by atoms with Crippen LogP contribution in [-0.4, -0.2) is 62.5 Å². The summed E-state index contributed by atoms with van der Waals surface area (Å²) in [5.41, 5.74) is 0.204. The van der Waals surface area contributed by atoms with E-state index in [1.807, 2.05) is 20.8 Å². The molecule has 1 aliphatic heterocycles. The van der Waals surface area contributed by atoms with E-state index in [0.29, 0.717) is 28.9 Å². The third-order valence-corrected chi connectivity index (χ3v) is 8.12. The van der Waals surface area contributed by atoms with Crippen molar-refractivity contribution in [2.75, 3.05) is 25.0 Å². The van der Waals surface area contributed by atoms with E-state index in [1.165, 1.54) is 12.3 Å². The van der Waals surface area contributed by atoms with Crippen LogP contribution in [0.5, 0.6) is 17.4 Å². The number of nitrogens with one attached hydrogen (secondary N) is 1. The number of halogens is 1. The topological polar surface area (TPSA) is 116 Å². The Morgan fingerprint density at radius 1 is 1.10 bits per heavy atom. The van der Waals surface area contributed by atoms with Crippen molar-refractivity contribution < 1.29 is 23.8 Å². The van der Waals surface area contributed by atoms with E-state index in [4.69, 9.17) is 25.8 Å². The van der Waals surface area contributed by atoms with E-state index in [-0.39, 0.29) is 45.2 Å². The summed E-state index contributed by atoms with van der Waals surface area (Å²) in [4.78, 5) is 35.9. The van der Waals surface area contributed by atoms with Crippen molar-refractivity contribution in [3.63, 3.8) is 0 Å². The van der Waals surface area contributed by atoms with E-state index < -0.39 is 5.91 Å². The number of ether oxygens (including phenoxy) is 3. The molecule has 0 aliphatic carbocycles. The van der Waals surface area contributed by atoms with Gasteiger partial charge in [-0.2, -0.15) is 4.37 Å². The summed E-state index contributed by atoms with van der Waals surface area (Å²) < 4.78 is 22.4. The summed E-state index contributed by atoms with van der Waals surface area (Å²) in [6, 6.07) is 6.35. The monoisotopic (exact) mass is 601 g/mol. The number of carbonyl (C=O) groups is 2. The van der Waals surface area contributed by atoms with Crippen LogP contribution in [0.25, 0.3) is 0 Å². The Morgan fingerprint density at radius 3 is 2.39 bits per heavy atom. The number of benzene rings is 1. The van der Waals surface area contributed by atoms with Crippen molar-refractivity contribution >= 4 is 40.1 Å². The Bertz CT molecular complexity index is 1420. The maximum atomic E-state index is 13.1. The van der Waals surface area contributed by atoms with Gasteiger partial charge in [0.25, 0.3) is 11.8 Å². The Hall–Kier alpha value is -3.28. The molecule has 3 aromatic rings. The minimum atomic E-state index is -0.413. The summed E-state index contributed by atoms with van der Waals surface area (Å²) in [5, 5.41) is 3.30. The molecule has 0 unspecified atom stereocenters. The van der Waals surface area contributed by atoms with Gasteiger partial charge in [0.1, 0.15) is 28.5 Å². The van der Waals surface area contributed by atoms with Crippen LogP contribution < -0.4 is 14.8 Å². The molecule has 220 valence electrons. The molecule has 2 aromatic heterocycles. The Labute approximate surface area is 249 Å². The number of aryl methyl sites for hydroxylation is 1. The third kappa shape index (κ3) is 7.72. The molecule has 41 heavy (non-hydrogen) atoms. The molecule has 3 heterocycles. The molecule has 1 fully saturated rings. The van der Waals surface area contributed by atoms with Crippen LogP contribution in [0.3, 0.4) is 0 Å². The number of amides is 2. The number of hydrogen-bond donors (Lipinski definition) is 1. The molecule has 1 atom stereocenters. The molecular formula is C29H36ClN5O5S. The lowest BCUT2D eigenvalue weighted by Crippen LogP contribution is -2.42. The zero-order chi connectivity index (χ0) is 29.9. The summed E-state index contributed by atoms with van der Waals surface area (Å²) in [5.74, 6) is 0.800. The van der Waals surface area contributed by atoms with Gasteiger partial charge in [0.2, 0.25) is 11.0 Å². The van der Waals surface area contributed by atoms with Gasteiger partial charge in [-0.15, -0.1) is 0 Å². The fraction of sp³-hybridized carbons (Fsp3) is 0.483. The first-order valence-electron chi connectivity index (χ1n) is 13.4. The van der Waals surface area contributed by atoms with Gasteiger partial charge in [0.15, 0.2) is 0 Å². The number of aromatic nitrogens is 3. The van der Waals surface area contributed by atoms with Crippen molar-refractivity contribution in [2.45, 2.75) is 66.6 Å². The highest BCUT2D eigenvalue weighted by molar-refractivity contribution is 7.09. The average Bonchev–Trinajstić information content (AvgIpc) is 3.26. The fourth-order valence-corrected chi connectivity index (χ4v) is 4.36. The average molecular weight is 602 g/mol. The van der Waals surface area contributed by atoms with Crippen LogP contribution >= 0.6 is 23.1 Å². The highest BCUT2D eigenvalue weighted by atomic mass is 35.5. The molecule has 0 bridgehead atoms. The van der Waals surface area contributed by atoms with Crippen molar-refractivity contribution in [3.8, 4) is 17.4 Å². The fourth-order valence-electron chi connectivity index (χ4n) is 3.59. The Balaban J connectivity index is 1.55. The summed E-state index contributed by atoms with van der Waals surface area (Å²) in [7, 11) is 0. The van der Waals surface area contributed by atoms with Crippen LogP contribution in [0.4, 0.5) is 5.13 Å². The highest BCUT2D eigenvalue weighted by Gasteiger charge is 2.34. The van der Waals surface area contributed by atoms with Crippen molar-refractivity contribution in [1.82, 2.24) is 19.2 Å². The van der Waals surface area contributed by atoms with Gasteiger partial charge >= 0.3 is 0 Å². The van der Waals surface area contributed by atoms with E-state index in [0.717, 1.165) is 31.0 Å². The number of anilines is 1. The molecule has 1 N–H and O–H groups in total. The highest BCUT2D eigenvalue weighted by Crippen LogP contribution is 2.34. The molecule has 0 spiro atoms. The number of likely N-dealkylation sites (tertiary alicyclic amines) is 1. The zero-order valence-electron chi connectivity index (χ0n) is 24.4. The van der Waals surface area contributed by atoms with Crippen LogP contribution in [-0.2, 0) is 4.74 Å². The molecule has 10 nitrogen and oxygen atoms in total. The van der Waals surface area contributed by atoms with E-state index in [2.05, 4.69) is 40.4 Å². The molecule has 2 amide bonds. The van der Waals surface area contributed by atoms with E-state index >= 15 is 0 Å². The first-order chi connectivity index (χ1) is 19.2. The second-order valence-electron chi connectivity index (χ2n) is 11.6. The summed E-state index contributed by atoms with van der Waals surface area (Å²) >= 11 is 7.53. The molecule has 0 saturated carbocycles. The summed E-state index contributed by atoms with van der Waals surface area (Å²) in [6.07, 6.45) is 2.09. The van der Waals surface area contributed by atoms with Crippen molar-refractivity contribution in [3.05, 3.63) is 52.4 Å². The molecule has 0 radical (unpaired) electrons. The molecule has 1 aromatic carbocycles. The van der Waals surface area contributed by atoms with Crippen LogP contribution in [0.2, 0.25) is 5.02 Å². The quantitative estimate of drug-likeness (QED) is 0.284. The Morgan fingerprint density at radius 2 is 1.80 bits per heavy atom. The van der Waals surface area contributed by atoms with Crippen molar-refractivity contribution in [1.29, 1.82) is 0 Å². The van der Waals surface area contributed by atoms with Crippen LogP contribution in [0.15, 0.2) is 30.5 Å². The van der Waals surface area contributed by atoms with Crippen molar-refractivity contribution in [2.24, 2.45) is 5.41 Å². The number of pyridine rings is 1. The number of carbonyl (C=O) groups excluding carboxylic acids is 2. The first kappa shape index (κ1) is 30.7. The van der Waals surface area contributed by atoms with Crippen LogP contribution in [0, 0.1) is 12.3 Å². The van der Waals surface area contributed by atoms with Gasteiger partial charge in [-0.25, -0.2) is 9.97 Å². The smallest absolute Gasteiger partial charge is 0.257 e. The predicted octanol–water partition coefficient (Wildman–Crippen LogP) is 6.39. The lowest BCUT2D eigenvalue weighted by molar-refractivity contribution is -0.109. The number of hydrogen-bond acceptors (Lipinski definition) is 9. The summed E-state index contributed by atoms with van der Waals surface area (Å²) in [6.45, 7) is 15.9. The lowest BCUT2D eigenvalue weighted by Gasteiger charge is -2.39. The zero-order valence-corrected chi connectivity index (χ0v) is 26.0. The van der Waals surface area contributed by atoms with Crippen LogP contribution in [0.1, 0.15) is 74.5 Å². The second kappa shape index (κ2) is 12.3. The largest absolute Gasteiger partial charge is 0.488 e. The SMILES string of the molecule is Cc1nsc(NC(=O)c2cc(Oc3ncc(C(=O)N4CCC4)cc3Cl)cc(O[C@@H](C)COC(C)(C)C(C)(C)C)c2)n1. The van der Waals surface area contributed by atoms with E-state index in [9.17, 15) is 9.59 Å². The first-order valence-corrected chi connectivity index (χ1v) is 14.6. The van der Waals surface area contributed by atoms with Gasteiger partial charge in [-0.3, -0.25) is 14.9 Å². The normalized spacial score (nSPS) is 14.3. The van der Waals surface area contributed by atoms with Gasteiger partial charge < -0.3 is 19.1 Å². The molecule has 12 heteroatoms. The van der Waals surface area contributed by atoms with Gasteiger partial charge in [0, 0.05) is 42.4 Å². The second-order valence-corrected chi connectivity index (χ2v) is 12.7. The Kier molecular flexibility index (Phi) is 9.20. The maximum absolute atomic E-state index is 13.1. The lowest BCUT2D eigenvalue weighted by atomic mass is 9.79. The molecule has 4 rings (SSSR count). The molecular weight excluding hydrogens is 566 g/mol. The molecule has 1 aliphatic rings. The van der Waals surface area contributed by atoms with Gasteiger partial charge in [-0.05, 0) is 57.7 Å². The number of nitrogens with zero attached hydrogens (tertiary/aromatic N) is 4. The maximum Gasteiger partial charge on any atom is 0.257 e. The minimum absolute atomic E-state index is 0.0730. The van der Waals surface area contributed by atoms with E-state index in [1.54, 1.807) is 30.0 Å². The predicted molar refractivity (Wildman–Crippen MR) is 158 cm³/mol. The third-order valence-electron chi connectivity index (χ3n) is 7.12. The van der Waals surface area contributed by atoms with Gasteiger partial charge in [-0.1, -0.05) is 32.4 Å².